The fourth-order valence-electron chi connectivity index (χ4n) is 2.43. The van der Waals surface area contributed by atoms with Crippen molar-refractivity contribution in [1.29, 1.82) is 0 Å². The summed E-state index contributed by atoms with van der Waals surface area (Å²) >= 11 is 0. The van der Waals surface area contributed by atoms with Crippen LogP contribution in [0.4, 0.5) is 0 Å². The van der Waals surface area contributed by atoms with Gasteiger partial charge in [-0.2, -0.15) is 5.10 Å². The number of hydrogen-bond donors (Lipinski definition) is 2. The third-order valence-electron chi connectivity index (χ3n) is 3.61. The van der Waals surface area contributed by atoms with Crippen molar-refractivity contribution in [1.82, 2.24) is 19.9 Å². The van der Waals surface area contributed by atoms with Crippen LogP contribution in [0, 0.1) is 0 Å². The first-order valence-corrected chi connectivity index (χ1v) is 6.73. The zero-order valence-electron chi connectivity index (χ0n) is 10.8. The molecule has 3 heterocycles. The molecular weight excluding hydrogens is 252 g/mol. The van der Waals surface area contributed by atoms with Crippen molar-refractivity contribution >= 4 is 11.4 Å². The summed E-state index contributed by atoms with van der Waals surface area (Å²) in [4.78, 5) is 12.3. The van der Waals surface area contributed by atoms with Gasteiger partial charge in [-0.1, -0.05) is 6.07 Å². The monoisotopic (exact) mass is 266 g/mol. The van der Waals surface area contributed by atoms with Gasteiger partial charge in [0.2, 0.25) is 0 Å². The van der Waals surface area contributed by atoms with E-state index in [0.29, 0.717) is 11.6 Å². The van der Waals surface area contributed by atoms with E-state index in [1.165, 1.54) is 0 Å². The first-order valence-electron chi connectivity index (χ1n) is 6.73. The van der Waals surface area contributed by atoms with Gasteiger partial charge in [-0.15, -0.1) is 0 Å². The molecule has 0 spiro atoms. The minimum absolute atomic E-state index is 0.00182. The molecule has 0 radical (unpaired) electrons. The Balaban J connectivity index is 1.86. The number of fused-ring (bicyclic) bond motifs is 1. The number of carbonyl (C=O) groups is 1. The molecular formula is C15H14N4O. The second-order valence-electron chi connectivity index (χ2n) is 5.12. The second-order valence-corrected chi connectivity index (χ2v) is 5.12. The van der Waals surface area contributed by atoms with Crippen molar-refractivity contribution in [3.05, 3.63) is 48.3 Å². The summed E-state index contributed by atoms with van der Waals surface area (Å²) in [5, 5.41) is 9.97. The minimum atomic E-state index is 0.00182. The molecule has 3 aromatic heterocycles. The van der Waals surface area contributed by atoms with Crippen molar-refractivity contribution in [3.8, 4) is 11.4 Å². The highest BCUT2D eigenvalue weighted by atomic mass is 16.1. The largest absolute Gasteiger partial charge is 0.349 e. The van der Waals surface area contributed by atoms with Crippen LogP contribution >= 0.6 is 0 Å². The topological polar surface area (TPSA) is 62.2 Å². The Hall–Kier alpha value is -2.56. The summed E-state index contributed by atoms with van der Waals surface area (Å²) in [6.07, 6.45) is 5.84. The summed E-state index contributed by atoms with van der Waals surface area (Å²) in [7, 11) is 0. The lowest BCUT2D eigenvalue weighted by Gasteiger charge is -2.02. The number of aromatic nitrogens is 3. The third kappa shape index (κ3) is 1.79. The summed E-state index contributed by atoms with van der Waals surface area (Å²) in [5.41, 5.74) is 3.47. The number of pyridine rings is 1. The van der Waals surface area contributed by atoms with E-state index in [0.717, 1.165) is 29.7 Å². The second kappa shape index (κ2) is 4.23. The highest BCUT2D eigenvalue weighted by molar-refractivity contribution is 6.03. The molecule has 0 aromatic carbocycles. The smallest absolute Gasteiger partial charge is 0.253 e. The molecule has 20 heavy (non-hydrogen) atoms. The van der Waals surface area contributed by atoms with Gasteiger partial charge in [-0.3, -0.25) is 9.89 Å². The van der Waals surface area contributed by atoms with Crippen LogP contribution in [0.5, 0.6) is 0 Å². The average molecular weight is 266 g/mol. The lowest BCUT2D eigenvalue weighted by atomic mass is 10.2. The molecule has 0 saturated heterocycles. The van der Waals surface area contributed by atoms with Crippen LogP contribution in [0.3, 0.4) is 0 Å². The van der Waals surface area contributed by atoms with E-state index in [1.54, 1.807) is 6.20 Å². The molecule has 1 aliphatic carbocycles. The number of rotatable bonds is 3. The van der Waals surface area contributed by atoms with Gasteiger partial charge < -0.3 is 9.72 Å². The van der Waals surface area contributed by atoms with Crippen LogP contribution in [0.15, 0.2) is 42.7 Å². The number of H-pyrrole nitrogens is 1. The third-order valence-corrected chi connectivity index (χ3v) is 3.61. The molecule has 4 rings (SSSR count). The van der Waals surface area contributed by atoms with Crippen molar-refractivity contribution in [2.45, 2.75) is 18.9 Å². The van der Waals surface area contributed by atoms with E-state index in [4.69, 9.17) is 0 Å². The molecule has 0 atom stereocenters. The van der Waals surface area contributed by atoms with Crippen LogP contribution in [-0.4, -0.2) is 26.5 Å². The lowest BCUT2D eigenvalue weighted by molar-refractivity contribution is 0.0953. The molecule has 2 N–H and O–H groups in total. The number of amides is 1. The van der Waals surface area contributed by atoms with Crippen molar-refractivity contribution in [2.75, 3.05) is 0 Å². The molecule has 100 valence electrons. The molecule has 1 saturated carbocycles. The number of nitrogens with zero attached hydrogens (tertiary/aromatic N) is 2. The van der Waals surface area contributed by atoms with Crippen LogP contribution < -0.4 is 5.32 Å². The average Bonchev–Trinajstić information content (AvgIpc) is 3.00. The van der Waals surface area contributed by atoms with Gasteiger partial charge in [0.15, 0.2) is 0 Å². The first-order chi connectivity index (χ1) is 9.83. The Bertz CT molecular complexity index is 768. The van der Waals surface area contributed by atoms with E-state index in [-0.39, 0.29) is 5.91 Å². The van der Waals surface area contributed by atoms with Gasteiger partial charge in [-0.25, -0.2) is 0 Å². The molecule has 5 nitrogen and oxygen atoms in total. The van der Waals surface area contributed by atoms with E-state index in [1.807, 2.05) is 40.9 Å². The molecule has 1 aliphatic rings. The standard InChI is InChI=1S/C15H14N4O/c20-15(17-10-4-5-10)11-9-14(12-6-7-16-18-12)19-8-2-1-3-13(11)19/h1-3,6-10H,4-5H2,(H,16,18)(H,17,20). The number of hydrogen-bond acceptors (Lipinski definition) is 2. The van der Waals surface area contributed by atoms with E-state index in [9.17, 15) is 4.79 Å². The maximum Gasteiger partial charge on any atom is 0.253 e. The Morgan fingerprint density at radius 1 is 1.35 bits per heavy atom. The zero-order valence-corrected chi connectivity index (χ0v) is 10.8. The molecule has 0 bridgehead atoms. The van der Waals surface area contributed by atoms with Gasteiger partial charge in [0, 0.05) is 18.4 Å². The zero-order chi connectivity index (χ0) is 13.5. The van der Waals surface area contributed by atoms with Crippen LogP contribution in [0.25, 0.3) is 16.9 Å². The normalized spacial score (nSPS) is 14.6. The Morgan fingerprint density at radius 3 is 3.00 bits per heavy atom. The summed E-state index contributed by atoms with van der Waals surface area (Å²) in [5.74, 6) is 0.00182. The summed E-state index contributed by atoms with van der Waals surface area (Å²) < 4.78 is 2.01. The molecule has 0 unspecified atom stereocenters. The van der Waals surface area contributed by atoms with Gasteiger partial charge >= 0.3 is 0 Å². The van der Waals surface area contributed by atoms with Crippen molar-refractivity contribution in [2.24, 2.45) is 0 Å². The summed E-state index contributed by atoms with van der Waals surface area (Å²) in [6.45, 7) is 0. The van der Waals surface area contributed by atoms with Crippen LogP contribution in [0.1, 0.15) is 23.2 Å². The van der Waals surface area contributed by atoms with Crippen LogP contribution in [-0.2, 0) is 0 Å². The lowest BCUT2D eigenvalue weighted by Crippen LogP contribution is -2.25. The van der Waals surface area contributed by atoms with E-state index in [2.05, 4.69) is 15.5 Å². The maximum atomic E-state index is 12.3. The highest BCUT2D eigenvalue weighted by Gasteiger charge is 2.25. The minimum Gasteiger partial charge on any atom is -0.349 e. The number of aromatic amines is 1. The van der Waals surface area contributed by atoms with Crippen molar-refractivity contribution < 1.29 is 4.79 Å². The fourth-order valence-corrected chi connectivity index (χ4v) is 2.43. The SMILES string of the molecule is O=C(NC1CC1)c1cc(-c2ccn[nH]2)n2ccccc12. The predicted octanol–water partition coefficient (Wildman–Crippen LogP) is 2.22. The molecule has 5 heteroatoms. The summed E-state index contributed by atoms with van der Waals surface area (Å²) in [6, 6.07) is 10.0. The molecule has 1 fully saturated rings. The van der Waals surface area contributed by atoms with Gasteiger partial charge in [0.1, 0.15) is 0 Å². The Morgan fingerprint density at radius 2 is 2.25 bits per heavy atom. The fraction of sp³-hybridized carbons (Fsp3) is 0.200. The first kappa shape index (κ1) is 11.3. The quantitative estimate of drug-likeness (QED) is 0.763. The Kier molecular flexibility index (Phi) is 2.39. The maximum absolute atomic E-state index is 12.3. The Labute approximate surface area is 115 Å². The van der Waals surface area contributed by atoms with Gasteiger partial charge in [-0.05, 0) is 37.1 Å². The molecule has 3 aromatic rings. The predicted molar refractivity (Wildman–Crippen MR) is 75.5 cm³/mol. The molecule has 1 amide bonds. The van der Waals surface area contributed by atoms with E-state index >= 15 is 0 Å². The number of carbonyl (C=O) groups excluding carboxylic acids is 1. The van der Waals surface area contributed by atoms with Crippen molar-refractivity contribution in [3.63, 3.8) is 0 Å². The van der Waals surface area contributed by atoms with Gasteiger partial charge in [0.05, 0.1) is 22.5 Å². The van der Waals surface area contributed by atoms with Gasteiger partial charge in [0.25, 0.3) is 5.91 Å². The van der Waals surface area contributed by atoms with Crippen LogP contribution in [0.2, 0.25) is 0 Å². The number of nitrogens with one attached hydrogen (secondary N) is 2. The molecule has 0 aliphatic heterocycles. The van der Waals surface area contributed by atoms with E-state index < -0.39 is 0 Å². The highest BCUT2D eigenvalue weighted by Crippen LogP contribution is 2.26.